The zero-order chi connectivity index (χ0) is 29.3. The van der Waals surface area contributed by atoms with Crippen molar-refractivity contribution >= 4 is 21.8 Å². The summed E-state index contributed by atoms with van der Waals surface area (Å²) in [6.45, 7) is 0. The molecule has 0 fully saturated rings. The minimum absolute atomic E-state index is 0.671. The third-order valence-corrected chi connectivity index (χ3v) is 7.84. The molecular weight excluding hydrogens is 538 g/mol. The average molecular weight is 564 g/mol. The zero-order valence-corrected chi connectivity index (χ0v) is 23.7. The maximum atomic E-state index is 5.10. The molecule has 0 bridgehead atoms. The number of pyridine rings is 3. The van der Waals surface area contributed by atoms with Gasteiger partial charge in [-0.05, 0) is 47.0 Å². The lowest BCUT2D eigenvalue weighted by Gasteiger charge is -2.09. The van der Waals surface area contributed by atoms with Crippen LogP contribution in [0.1, 0.15) is 0 Å². The summed E-state index contributed by atoms with van der Waals surface area (Å²) in [5.74, 6) is 0.671. The molecule has 5 nitrogen and oxygen atoms in total. The number of hydrogen-bond donors (Lipinski definition) is 0. The van der Waals surface area contributed by atoms with Crippen LogP contribution in [0.4, 0.5) is 0 Å². The Morgan fingerprint density at radius 3 is 1.61 bits per heavy atom. The van der Waals surface area contributed by atoms with Gasteiger partial charge < -0.3 is 0 Å². The number of hydrogen-bond acceptors (Lipinski definition) is 5. The summed E-state index contributed by atoms with van der Waals surface area (Å²) in [7, 11) is 0. The van der Waals surface area contributed by atoms with Crippen LogP contribution in [0.25, 0.3) is 78.1 Å². The van der Waals surface area contributed by atoms with E-state index in [4.69, 9.17) is 19.9 Å². The highest BCUT2D eigenvalue weighted by Crippen LogP contribution is 2.30. The number of aromatic nitrogens is 5. The molecule has 0 aliphatic rings. The van der Waals surface area contributed by atoms with Crippen LogP contribution in [0.5, 0.6) is 0 Å². The van der Waals surface area contributed by atoms with E-state index in [0.717, 1.165) is 61.1 Å². The van der Waals surface area contributed by atoms with Gasteiger partial charge in [0.15, 0.2) is 5.82 Å². The molecule has 0 amide bonds. The van der Waals surface area contributed by atoms with Gasteiger partial charge in [0.25, 0.3) is 0 Å². The number of fused-ring (bicyclic) bond motifs is 3. The Morgan fingerprint density at radius 2 is 0.909 bits per heavy atom. The van der Waals surface area contributed by atoms with Gasteiger partial charge in [0.2, 0.25) is 0 Å². The van der Waals surface area contributed by atoms with Crippen molar-refractivity contribution in [2.24, 2.45) is 0 Å². The van der Waals surface area contributed by atoms with Gasteiger partial charge in [-0.3, -0.25) is 4.98 Å². The van der Waals surface area contributed by atoms with Gasteiger partial charge in [0.1, 0.15) is 0 Å². The lowest BCUT2D eigenvalue weighted by Crippen LogP contribution is -1.93. The molecule has 0 saturated heterocycles. The molecule has 0 radical (unpaired) electrons. The third kappa shape index (κ3) is 4.86. The van der Waals surface area contributed by atoms with Gasteiger partial charge >= 0.3 is 0 Å². The molecule has 4 aromatic heterocycles. The molecule has 206 valence electrons. The van der Waals surface area contributed by atoms with Crippen molar-refractivity contribution < 1.29 is 0 Å². The van der Waals surface area contributed by atoms with Crippen molar-refractivity contribution in [3.8, 4) is 56.3 Å². The Balaban J connectivity index is 1.11. The first-order valence-electron chi connectivity index (χ1n) is 14.5. The highest BCUT2D eigenvalue weighted by Gasteiger charge is 2.11. The fourth-order valence-corrected chi connectivity index (χ4v) is 5.51. The molecule has 0 N–H and O–H groups in total. The van der Waals surface area contributed by atoms with Crippen molar-refractivity contribution in [2.45, 2.75) is 0 Å². The second-order valence-electron chi connectivity index (χ2n) is 10.6. The van der Waals surface area contributed by atoms with Crippen molar-refractivity contribution in [2.75, 3.05) is 0 Å². The second-order valence-corrected chi connectivity index (χ2v) is 10.6. The first-order valence-corrected chi connectivity index (χ1v) is 14.5. The summed E-state index contributed by atoms with van der Waals surface area (Å²) in [4.78, 5) is 24.0. The van der Waals surface area contributed by atoms with Gasteiger partial charge in [-0.1, -0.05) is 103 Å². The Labute approximate surface area is 254 Å². The molecule has 4 heterocycles. The molecule has 5 heteroatoms. The van der Waals surface area contributed by atoms with Crippen LogP contribution in [0.15, 0.2) is 152 Å². The number of rotatable bonds is 5. The molecule has 44 heavy (non-hydrogen) atoms. The van der Waals surface area contributed by atoms with Gasteiger partial charge in [0.05, 0.1) is 28.1 Å². The molecule has 0 spiro atoms. The lowest BCUT2D eigenvalue weighted by atomic mass is 10.0. The van der Waals surface area contributed by atoms with E-state index in [2.05, 4.69) is 96.0 Å². The van der Waals surface area contributed by atoms with E-state index in [1.54, 1.807) is 6.20 Å². The number of nitrogens with zero attached hydrogens (tertiary/aromatic N) is 5. The fraction of sp³-hybridized carbons (Fsp3) is 0. The zero-order valence-electron chi connectivity index (χ0n) is 23.7. The fourth-order valence-electron chi connectivity index (χ4n) is 5.51. The third-order valence-electron chi connectivity index (χ3n) is 7.84. The van der Waals surface area contributed by atoms with Crippen LogP contribution < -0.4 is 0 Å². The van der Waals surface area contributed by atoms with E-state index in [0.29, 0.717) is 5.82 Å². The smallest absolute Gasteiger partial charge is 0.159 e. The van der Waals surface area contributed by atoms with Crippen molar-refractivity contribution in [3.63, 3.8) is 0 Å². The molecule has 0 unspecified atom stereocenters. The average Bonchev–Trinajstić information content (AvgIpc) is 3.12. The van der Waals surface area contributed by atoms with E-state index >= 15 is 0 Å². The normalized spacial score (nSPS) is 11.2. The highest BCUT2D eigenvalue weighted by molar-refractivity contribution is 6.04. The maximum Gasteiger partial charge on any atom is 0.159 e. The van der Waals surface area contributed by atoms with Crippen molar-refractivity contribution in [1.82, 2.24) is 24.9 Å². The van der Waals surface area contributed by atoms with Crippen LogP contribution in [0, 0.1) is 0 Å². The summed E-state index contributed by atoms with van der Waals surface area (Å²) in [5.41, 5.74) is 10.6. The Bertz CT molecular complexity index is 2250. The molecule has 0 saturated carbocycles. The summed E-state index contributed by atoms with van der Waals surface area (Å²) < 4.78 is 0. The monoisotopic (exact) mass is 563 g/mol. The van der Waals surface area contributed by atoms with Gasteiger partial charge in [-0.2, -0.15) is 0 Å². The van der Waals surface area contributed by atoms with E-state index in [1.165, 1.54) is 11.1 Å². The predicted molar refractivity (Wildman–Crippen MR) is 178 cm³/mol. The van der Waals surface area contributed by atoms with E-state index in [9.17, 15) is 0 Å². The largest absolute Gasteiger partial charge is 0.255 e. The summed E-state index contributed by atoms with van der Waals surface area (Å²) in [6, 6.07) is 45.4. The van der Waals surface area contributed by atoms with E-state index in [-0.39, 0.29) is 0 Å². The lowest BCUT2D eigenvalue weighted by molar-refractivity contribution is 1.18. The minimum Gasteiger partial charge on any atom is -0.255 e. The first-order chi connectivity index (χ1) is 21.8. The Hall–Kier alpha value is -6.07. The molecule has 0 aliphatic heterocycles. The van der Waals surface area contributed by atoms with Crippen LogP contribution in [-0.4, -0.2) is 24.9 Å². The summed E-state index contributed by atoms with van der Waals surface area (Å²) in [6.07, 6.45) is 5.56. The van der Waals surface area contributed by atoms with Crippen LogP contribution >= 0.6 is 0 Å². The maximum absolute atomic E-state index is 5.10. The summed E-state index contributed by atoms with van der Waals surface area (Å²) in [5, 5.41) is 2.08. The number of benzene rings is 4. The van der Waals surface area contributed by atoms with E-state index < -0.39 is 0 Å². The molecule has 8 aromatic rings. The topological polar surface area (TPSA) is 64.5 Å². The molecule has 4 aromatic carbocycles. The SMILES string of the molecule is c1ccc(-c2ccc(-c3cnc(-c4cccc(-c5ccc6ccc7ccc(-c8ccccn8)nc7c6n5)c4)nc3)cc2)cc1. The molecular formula is C39H25N5. The van der Waals surface area contributed by atoms with Gasteiger partial charge in [-0.15, -0.1) is 0 Å². The van der Waals surface area contributed by atoms with Crippen LogP contribution in [-0.2, 0) is 0 Å². The van der Waals surface area contributed by atoms with E-state index in [1.807, 2.05) is 54.9 Å². The standard InChI is InChI=1S/C39H25N5/c1-2-7-26(8-3-1)27-12-14-28(15-13-27)33-24-41-39(42-25-33)32-10-6-9-31(23-32)34-20-18-29-16-17-30-19-21-36(35-11-4-5-22-40-35)44-38(30)37(29)43-34/h1-25H. The second kappa shape index (κ2) is 11.0. The summed E-state index contributed by atoms with van der Waals surface area (Å²) >= 11 is 0. The van der Waals surface area contributed by atoms with Crippen molar-refractivity contribution in [3.05, 3.63) is 152 Å². The molecule has 0 atom stereocenters. The quantitative estimate of drug-likeness (QED) is 0.195. The van der Waals surface area contributed by atoms with Crippen molar-refractivity contribution in [1.29, 1.82) is 0 Å². The highest BCUT2D eigenvalue weighted by atomic mass is 14.9. The van der Waals surface area contributed by atoms with Crippen LogP contribution in [0.3, 0.4) is 0 Å². The van der Waals surface area contributed by atoms with Gasteiger partial charge in [0, 0.05) is 46.1 Å². The molecule has 8 rings (SSSR count). The Kier molecular flexibility index (Phi) is 6.39. The Morgan fingerprint density at radius 1 is 0.341 bits per heavy atom. The minimum atomic E-state index is 0.671. The van der Waals surface area contributed by atoms with Gasteiger partial charge in [-0.25, -0.2) is 19.9 Å². The first kappa shape index (κ1) is 25.6. The molecule has 0 aliphatic carbocycles. The van der Waals surface area contributed by atoms with Crippen LogP contribution in [0.2, 0.25) is 0 Å². The predicted octanol–water partition coefficient (Wildman–Crippen LogP) is 9.30.